The van der Waals surface area contributed by atoms with Crippen LogP contribution in [0.3, 0.4) is 0 Å². The molecule has 0 saturated heterocycles. The fraction of sp³-hybridized carbons (Fsp3) is 0.412. The van der Waals surface area contributed by atoms with Crippen LogP contribution in [0.1, 0.15) is 48.7 Å². The van der Waals surface area contributed by atoms with Gasteiger partial charge < -0.3 is 0 Å². The highest BCUT2D eigenvalue weighted by molar-refractivity contribution is 7.16. The maximum Gasteiger partial charge on any atom is 0.212 e. The van der Waals surface area contributed by atoms with E-state index in [-0.39, 0.29) is 0 Å². The second-order valence-electron chi connectivity index (χ2n) is 6.02. The average Bonchev–Trinajstić information content (AvgIpc) is 3.09. The quantitative estimate of drug-likeness (QED) is 0.623. The molecule has 0 spiro atoms. The molecule has 2 aromatic heterocycles. The zero-order valence-corrected chi connectivity index (χ0v) is 14.1. The molecule has 1 aromatic carbocycles. The fourth-order valence-electron chi connectivity index (χ4n) is 3.26. The minimum Gasteiger partial charge on any atom is -0.217 e. The van der Waals surface area contributed by atoms with E-state index in [9.17, 15) is 0 Å². The summed E-state index contributed by atoms with van der Waals surface area (Å²) in [5, 5.41) is 6.85. The molecule has 1 aliphatic rings. The Labute approximate surface area is 139 Å². The summed E-state index contributed by atoms with van der Waals surface area (Å²) in [5.41, 5.74) is 3.21. The molecule has 1 fully saturated rings. The van der Waals surface area contributed by atoms with Crippen LogP contribution in [0.5, 0.6) is 0 Å². The van der Waals surface area contributed by atoms with Crippen molar-refractivity contribution in [1.29, 1.82) is 0 Å². The Morgan fingerprint density at radius 1 is 1.14 bits per heavy atom. The van der Waals surface area contributed by atoms with Crippen LogP contribution in [0.2, 0.25) is 5.02 Å². The molecule has 1 aliphatic carbocycles. The molecule has 5 heteroatoms. The number of nitrogens with zero attached hydrogens (tertiary/aromatic N) is 3. The van der Waals surface area contributed by atoms with Gasteiger partial charge in [-0.1, -0.05) is 54.3 Å². The first-order valence-electron chi connectivity index (χ1n) is 7.84. The molecule has 0 radical (unpaired) electrons. The van der Waals surface area contributed by atoms with Crippen molar-refractivity contribution in [3.63, 3.8) is 0 Å². The third-order valence-electron chi connectivity index (χ3n) is 4.52. The lowest BCUT2D eigenvalue weighted by atomic mass is 9.90. The Kier molecular flexibility index (Phi) is 3.66. The van der Waals surface area contributed by atoms with Crippen molar-refractivity contribution >= 4 is 27.9 Å². The molecule has 0 amide bonds. The smallest absolute Gasteiger partial charge is 0.212 e. The topological polar surface area (TPSA) is 30.2 Å². The van der Waals surface area contributed by atoms with E-state index in [0.29, 0.717) is 5.92 Å². The summed E-state index contributed by atoms with van der Waals surface area (Å²) < 4.78 is 2.01. The Morgan fingerprint density at radius 2 is 1.86 bits per heavy atom. The van der Waals surface area contributed by atoms with Crippen LogP contribution in [0.4, 0.5) is 0 Å². The van der Waals surface area contributed by atoms with Crippen molar-refractivity contribution in [2.45, 2.75) is 44.9 Å². The number of halogens is 1. The lowest BCUT2D eigenvalue weighted by molar-refractivity contribution is 0.439. The number of benzene rings is 1. The zero-order valence-electron chi connectivity index (χ0n) is 12.6. The maximum absolute atomic E-state index is 5.97. The number of hydrogen-bond acceptors (Lipinski definition) is 3. The molecule has 0 atom stereocenters. The molecule has 4 rings (SSSR count). The number of hydrogen-bond donors (Lipinski definition) is 0. The molecule has 114 valence electrons. The molecule has 3 nitrogen and oxygen atoms in total. The average molecular weight is 332 g/mol. The minimum absolute atomic E-state index is 0.638. The molecule has 0 aliphatic heterocycles. The van der Waals surface area contributed by atoms with Crippen molar-refractivity contribution < 1.29 is 0 Å². The molecule has 1 saturated carbocycles. The summed E-state index contributed by atoms with van der Waals surface area (Å²) in [6.45, 7) is 2.09. The maximum atomic E-state index is 5.97. The largest absolute Gasteiger partial charge is 0.217 e. The summed E-state index contributed by atoms with van der Waals surface area (Å²) in [6, 6.07) is 7.85. The Balaban J connectivity index is 1.72. The second kappa shape index (κ2) is 5.67. The Morgan fingerprint density at radius 3 is 2.55 bits per heavy atom. The predicted molar refractivity (Wildman–Crippen MR) is 91.9 cm³/mol. The molecule has 2 heterocycles. The van der Waals surface area contributed by atoms with Gasteiger partial charge >= 0.3 is 0 Å². The number of fused-ring (bicyclic) bond motifs is 1. The summed E-state index contributed by atoms with van der Waals surface area (Å²) in [7, 11) is 0. The lowest BCUT2D eigenvalue weighted by Gasteiger charge is -2.18. The highest BCUT2D eigenvalue weighted by Crippen LogP contribution is 2.36. The van der Waals surface area contributed by atoms with Crippen LogP contribution >= 0.6 is 22.9 Å². The number of aromatic nitrogens is 3. The van der Waals surface area contributed by atoms with E-state index < -0.39 is 0 Å². The second-order valence-corrected chi connectivity index (χ2v) is 7.45. The van der Waals surface area contributed by atoms with E-state index in [4.69, 9.17) is 21.7 Å². The normalized spacial score (nSPS) is 16.5. The van der Waals surface area contributed by atoms with Gasteiger partial charge in [0.1, 0.15) is 5.01 Å². The van der Waals surface area contributed by atoms with E-state index in [1.165, 1.54) is 37.1 Å². The van der Waals surface area contributed by atoms with Crippen LogP contribution in [-0.2, 0) is 0 Å². The fourth-order valence-corrected chi connectivity index (χ4v) is 4.50. The van der Waals surface area contributed by atoms with Gasteiger partial charge in [-0.3, -0.25) is 0 Å². The van der Waals surface area contributed by atoms with Gasteiger partial charge in [-0.15, -0.1) is 0 Å². The summed E-state index contributed by atoms with van der Waals surface area (Å²) >= 11 is 7.72. The van der Waals surface area contributed by atoms with Crippen LogP contribution in [0.25, 0.3) is 16.2 Å². The van der Waals surface area contributed by atoms with Crippen LogP contribution in [0.15, 0.2) is 24.3 Å². The first-order valence-corrected chi connectivity index (χ1v) is 9.04. The molecule has 3 aromatic rings. The Bertz CT molecular complexity index is 797. The van der Waals surface area contributed by atoms with E-state index in [1.54, 1.807) is 11.3 Å². The summed E-state index contributed by atoms with van der Waals surface area (Å²) in [4.78, 5) is 5.81. The molecule has 0 bridgehead atoms. The summed E-state index contributed by atoms with van der Waals surface area (Å²) in [6.07, 6.45) is 6.60. The minimum atomic E-state index is 0.638. The highest BCUT2D eigenvalue weighted by atomic mass is 35.5. The van der Waals surface area contributed by atoms with Gasteiger partial charge in [0.25, 0.3) is 0 Å². The molecule has 0 unspecified atom stereocenters. The number of aryl methyl sites for hydroxylation is 1. The summed E-state index contributed by atoms with van der Waals surface area (Å²) in [5.74, 6) is 0.638. The standard InChI is InChI=1S/C17H18ClN3S/c1-11-15(12-7-9-14(18)10-8-12)19-17-21(11)20-16(22-17)13-5-3-2-4-6-13/h7-10,13H,2-6H2,1H3. The molecule has 0 N–H and O–H groups in total. The van der Waals surface area contributed by atoms with Gasteiger partial charge in [-0.05, 0) is 31.9 Å². The lowest BCUT2D eigenvalue weighted by Crippen LogP contribution is -2.04. The van der Waals surface area contributed by atoms with Gasteiger partial charge in [0.05, 0.1) is 11.4 Å². The number of rotatable bonds is 2. The van der Waals surface area contributed by atoms with Crippen molar-refractivity contribution in [3.05, 3.63) is 40.0 Å². The number of imidazole rings is 1. The predicted octanol–water partition coefficient (Wildman–Crippen LogP) is 5.47. The van der Waals surface area contributed by atoms with Crippen LogP contribution in [0, 0.1) is 6.92 Å². The van der Waals surface area contributed by atoms with E-state index >= 15 is 0 Å². The van der Waals surface area contributed by atoms with Crippen molar-refractivity contribution in [2.75, 3.05) is 0 Å². The molecule has 22 heavy (non-hydrogen) atoms. The third-order valence-corrected chi connectivity index (χ3v) is 5.84. The van der Waals surface area contributed by atoms with Crippen molar-refractivity contribution in [1.82, 2.24) is 14.6 Å². The molecular weight excluding hydrogens is 314 g/mol. The van der Waals surface area contributed by atoms with Gasteiger partial charge in [0, 0.05) is 16.5 Å². The van der Waals surface area contributed by atoms with Crippen molar-refractivity contribution in [3.8, 4) is 11.3 Å². The van der Waals surface area contributed by atoms with Crippen LogP contribution in [-0.4, -0.2) is 14.6 Å². The zero-order chi connectivity index (χ0) is 15.1. The molecular formula is C17H18ClN3S. The van der Waals surface area contributed by atoms with Crippen LogP contribution < -0.4 is 0 Å². The van der Waals surface area contributed by atoms with Gasteiger partial charge in [-0.2, -0.15) is 5.10 Å². The van der Waals surface area contributed by atoms with E-state index in [2.05, 4.69) is 6.92 Å². The van der Waals surface area contributed by atoms with Crippen molar-refractivity contribution in [2.24, 2.45) is 0 Å². The van der Waals surface area contributed by atoms with Gasteiger partial charge in [-0.25, -0.2) is 9.50 Å². The monoisotopic (exact) mass is 331 g/mol. The van der Waals surface area contributed by atoms with Gasteiger partial charge in [0.2, 0.25) is 4.96 Å². The van der Waals surface area contributed by atoms with Gasteiger partial charge in [0.15, 0.2) is 0 Å². The highest BCUT2D eigenvalue weighted by Gasteiger charge is 2.22. The van der Waals surface area contributed by atoms with E-state index in [1.807, 2.05) is 28.8 Å². The first kappa shape index (κ1) is 14.2. The Hall–Kier alpha value is -1.39. The third kappa shape index (κ3) is 2.44. The SMILES string of the molecule is Cc1c(-c2ccc(Cl)cc2)nc2sc(C3CCCCC3)nn12. The van der Waals surface area contributed by atoms with E-state index in [0.717, 1.165) is 26.9 Å². The first-order chi connectivity index (χ1) is 10.7.